The molecule has 0 radical (unpaired) electrons. The standard InChI is InChI=1S/C11H7BrF2N2O2S/c12-7-1-5(13)2-8(14)9(7)15-3-6-4-19-10(16-6)11(17)18/h1-2,4,15H,3H2,(H,17,18). The van der Waals surface area contributed by atoms with E-state index in [4.69, 9.17) is 5.11 Å². The van der Waals surface area contributed by atoms with Crippen molar-refractivity contribution in [1.29, 1.82) is 0 Å². The first-order valence-electron chi connectivity index (χ1n) is 5.03. The second kappa shape index (κ2) is 5.62. The molecule has 4 nitrogen and oxygen atoms in total. The molecule has 19 heavy (non-hydrogen) atoms. The summed E-state index contributed by atoms with van der Waals surface area (Å²) in [6.45, 7) is 0.144. The second-order valence-corrected chi connectivity index (χ2v) is 5.26. The molecule has 0 saturated carbocycles. The molecule has 2 rings (SSSR count). The SMILES string of the molecule is O=C(O)c1nc(CNc2c(F)cc(F)cc2Br)cs1. The van der Waals surface area contributed by atoms with Crippen LogP contribution in [0.3, 0.4) is 0 Å². The van der Waals surface area contributed by atoms with Crippen molar-refractivity contribution in [2.75, 3.05) is 5.32 Å². The second-order valence-electron chi connectivity index (χ2n) is 3.55. The summed E-state index contributed by atoms with van der Waals surface area (Å²) in [5.41, 5.74) is 0.573. The largest absolute Gasteiger partial charge is 0.476 e. The third-order valence-corrected chi connectivity index (χ3v) is 3.69. The van der Waals surface area contributed by atoms with E-state index < -0.39 is 17.6 Å². The van der Waals surface area contributed by atoms with E-state index >= 15 is 0 Å². The predicted molar refractivity (Wildman–Crippen MR) is 70.5 cm³/mol. The maximum absolute atomic E-state index is 13.5. The fraction of sp³-hybridized carbons (Fsp3) is 0.0909. The maximum Gasteiger partial charge on any atom is 0.365 e. The van der Waals surface area contributed by atoms with Crippen molar-refractivity contribution in [3.63, 3.8) is 0 Å². The number of carbonyl (C=O) groups is 1. The zero-order valence-corrected chi connectivity index (χ0v) is 11.7. The van der Waals surface area contributed by atoms with Gasteiger partial charge in [-0.3, -0.25) is 0 Å². The number of benzene rings is 1. The van der Waals surface area contributed by atoms with Gasteiger partial charge in [0.15, 0.2) is 0 Å². The van der Waals surface area contributed by atoms with Crippen LogP contribution in [0.25, 0.3) is 0 Å². The number of hydrogen-bond donors (Lipinski definition) is 2. The Labute approximate surface area is 119 Å². The van der Waals surface area contributed by atoms with Crippen LogP contribution in [0.5, 0.6) is 0 Å². The van der Waals surface area contributed by atoms with Gasteiger partial charge < -0.3 is 10.4 Å². The van der Waals surface area contributed by atoms with E-state index in [0.29, 0.717) is 5.69 Å². The van der Waals surface area contributed by atoms with Crippen LogP contribution >= 0.6 is 27.3 Å². The van der Waals surface area contributed by atoms with E-state index in [2.05, 4.69) is 26.2 Å². The number of aromatic carboxylic acids is 1. The Hall–Kier alpha value is -1.54. The highest BCUT2D eigenvalue weighted by Gasteiger charge is 2.12. The minimum Gasteiger partial charge on any atom is -0.476 e. The number of nitrogens with zero attached hydrogens (tertiary/aromatic N) is 1. The molecule has 0 fully saturated rings. The molecule has 0 aliphatic rings. The van der Waals surface area contributed by atoms with Crippen molar-refractivity contribution in [3.05, 3.63) is 44.3 Å². The van der Waals surface area contributed by atoms with E-state index in [1.54, 1.807) is 5.38 Å². The van der Waals surface area contributed by atoms with E-state index in [-0.39, 0.29) is 21.7 Å². The Kier molecular flexibility index (Phi) is 4.11. The number of carboxylic acids is 1. The first-order chi connectivity index (χ1) is 8.97. The summed E-state index contributed by atoms with van der Waals surface area (Å²) in [5.74, 6) is -2.53. The summed E-state index contributed by atoms with van der Waals surface area (Å²) < 4.78 is 26.6. The number of aromatic nitrogens is 1. The number of anilines is 1. The lowest BCUT2D eigenvalue weighted by Crippen LogP contribution is -2.04. The molecule has 1 heterocycles. The summed E-state index contributed by atoms with van der Waals surface area (Å²) in [7, 11) is 0. The summed E-state index contributed by atoms with van der Waals surface area (Å²) in [5, 5.41) is 13.0. The molecule has 0 aliphatic heterocycles. The molecule has 8 heteroatoms. The lowest BCUT2D eigenvalue weighted by Gasteiger charge is -2.08. The third kappa shape index (κ3) is 3.27. The van der Waals surface area contributed by atoms with Gasteiger partial charge in [0.25, 0.3) is 0 Å². The Balaban J connectivity index is 2.12. The predicted octanol–water partition coefficient (Wildman–Crippen LogP) is 3.49. The van der Waals surface area contributed by atoms with Crippen LogP contribution in [0.4, 0.5) is 14.5 Å². The van der Waals surface area contributed by atoms with Crippen molar-refractivity contribution in [2.45, 2.75) is 6.54 Å². The molecule has 0 aliphatic carbocycles. The maximum atomic E-state index is 13.5. The van der Waals surface area contributed by atoms with Crippen LogP contribution in [0.2, 0.25) is 0 Å². The van der Waals surface area contributed by atoms with Gasteiger partial charge >= 0.3 is 5.97 Å². The molecule has 1 aromatic carbocycles. The molecule has 0 amide bonds. The molecule has 0 atom stereocenters. The fourth-order valence-electron chi connectivity index (χ4n) is 1.38. The first kappa shape index (κ1) is 13.9. The Bertz CT molecular complexity index is 610. The van der Waals surface area contributed by atoms with Crippen LogP contribution in [-0.2, 0) is 6.54 Å². The molecular formula is C11H7BrF2N2O2S. The van der Waals surface area contributed by atoms with Gasteiger partial charge in [0, 0.05) is 15.9 Å². The van der Waals surface area contributed by atoms with Gasteiger partial charge in [-0.05, 0) is 22.0 Å². The lowest BCUT2D eigenvalue weighted by molar-refractivity contribution is 0.0696. The van der Waals surface area contributed by atoms with Gasteiger partial charge in [-0.2, -0.15) is 0 Å². The molecule has 1 aromatic heterocycles. The van der Waals surface area contributed by atoms with Crippen molar-refractivity contribution < 1.29 is 18.7 Å². The Morgan fingerprint density at radius 1 is 1.47 bits per heavy atom. The fourth-order valence-corrected chi connectivity index (χ4v) is 2.58. The quantitative estimate of drug-likeness (QED) is 0.887. The number of nitrogens with one attached hydrogen (secondary N) is 1. The normalized spacial score (nSPS) is 10.5. The average molecular weight is 349 g/mol. The number of rotatable bonds is 4. The van der Waals surface area contributed by atoms with Gasteiger partial charge in [-0.15, -0.1) is 11.3 Å². The highest BCUT2D eigenvalue weighted by molar-refractivity contribution is 9.10. The molecule has 0 bridgehead atoms. The number of halogens is 3. The number of hydrogen-bond acceptors (Lipinski definition) is 4. The minimum atomic E-state index is -1.11. The van der Waals surface area contributed by atoms with Crippen molar-refractivity contribution in [2.24, 2.45) is 0 Å². The molecular weight excluding hydrogens is 342 g/mol. The summed E-state index contributed by atoms with van der Waals surface area (Å²) in [4.78, 5) is 14.5. The molecule has 2 aromatic rings. The Morgan fingerprint density at radius 3 is 2.79 bits per heavy atom. The van der Waals surface area contributed by atoms with Crippen LogP contribution in [0.15, 0.2) is 22.0 Å². The first-order valence-corrected chi connectivity index (χ1v) is 6.70. The van der Waals surface area contributed by atoms with E-state index in [0.717, 1.165) is 23.5 Å². The zero-order chi connectivity index (χ0) is 14.0. The van der Waals surface area contributed by atoms with Crippen molar-refractivity contribution >= 4 is 38.9 Å². The van der Waals surface area contributed by atoms with Crippen molar-refractivity contribution in [3.8, 4) is 0 Å². The third-order valence-electron chi connectivity index (χ3n) is 2.19. The van der Waals surface area contributed by atoms with Gasteiger partial charge in [0.1, 0.15) is 11.6 Å². The Morgan fingerprint density at radius 2 is 2.21 bits per heavy atom. The molecule has 0 saturated heterocycles. The van der Waals surface area contributed by atoms with Gasteiger partial charge in [-0.1, -0.05) is 0 Å². The highest BCUT2D eigenvalue weighted by atomic mass is 79.9. The topological polar surface area (TPSA) is 62.2 Å². The lowest BCUT2D eigenvalue weighted by atomic mass is 10.3. The number of carboxylic acid groups (broad SMARTS) is 1. The summed E-state index contributed by atoms with van der Waals surface area (Å²) in [6.07, 6.45) is 0. The van der Waals surface area contributed by atoms with Gasteiger partial charge in [0.2, 0.25) is 5.01 Å². The highest BCUT2D eigenvalue weighted by Crippen LogP contribution is 2.27. The van der Waals surface area contributed by atoms with E-state index in [9.17, 15) is 13.6 Å². The van der Waals surface area contributed by atoms with Gasteiger partial charge in [0.05, 0.1) is 17.9 Å². The number of thiazole rings is 1. The molecule has 0 spiro atoms. The van der Waals surface area contributed by atoms with Gasteiger partial charge in [-0.25, -0.2) is 18.6 Å². The monoisotopic (exact) mass is 348 g/mol. The van der Waals surface area contributed by atoms with Crippen LogP contribution < -0.4 is 5.32 Å². The van der Waals surface area contributed by atoms with Crippen LogP contribution in [-0.4, -0.2) is 16.1 Å². The minimum absolute atomic E-state index is 0.0320. The van der Waals surface area contributed by atoms with Crippen LogP contribution in [0.1, 0.15) is 15.5 Å². The molecule has 2 N–H and O–H groups in total. The smallest absolute Gasteiger partial charge is 0.365 e. The molecule has 0 unspecified atom stereocenters. The van der Waals surface area contributed by atoms with Crippen LogP contribution in [0, 0.1) is 11.6 Å². The van der Waals surface area contributed by atoms with E-state index in [1.165, 1.54) is 0 Å². The zero-order valence-electron chi connectivity index (χ0n) is 9.28. The van der Waals surface area contributed by atoms with Crippen molar-refractivity contribution in [1.82, 2.24) is 4.98 Å². The average Bonchev–Trinajstić information content (AvgIpc) is 2.76. The molecule has 100 valence electrons. The van der Waals surface area contributed by atoms with E-state index in [1.807, 2.05) is 0 Å². The summed E-state index contributed by atoms with van der Waals surface area (Å²) in [6, 6.07) is 1.89. The summed E-state index contributed by atoms with van der Waals surface area (Å²) >= 11 is 4.03.